The predicted octanol–water partition coefficient (Wildman–Crippen LogP) is 3.04. The van der Waals surface area contributed by atoms with Crippen LogP contribution in [0.2, 0.25) is 0 Å². The summed E-state index contributed by atoms with van der Waals surface area (Å²) in [5.74, 6) is -0.380. The van der Waals surface area contributed by atoms with E-state index in [-0.39, 0.29) is 17.5 Å². The maximum atomic E-state index is 12.8. The van der Waals surface area contributed by atoms with E-state index in [0.29, 0.717) is 12.0 Å². The van der Waals surface area contributed by atoms with Gasteiger partial charge in [0.1, 0.15) is 6.17 Å². The summed E-state index contributed by atoms with van der Waals surface area (Å²) in [4.78, 5) is 12.8. The number of carbonyl (C=O) groups excluding carboxylic acids is 1. The van der Waals surface area contributed by atoms with Gasteiger partial charge in [-0.05, 0) is 23.3 Å². The first-order chi connectivity index (χ1) is 12.2. The van der Waals surface area contributed by atoms with Crippen molar-refractivity contribution in [2.24, 2.45) is 0 Å². The van der Waals surface area contributed by atoms with E-state index in [1.807, 2.05) is 30.3 Å². The first-order valence-corrected chi connectivity index (χ1v) is 10.9. The smallest absolute Gasteiger partial charge is 0.253 e. The molecule has 1 saturated heterocycles. The van der Waals surface area contributed by atoms with Crippen molar-refractivity contribution in [2.45, 2.75) is 22.4 Å². The Balaban J connectivity index is 1.81. The standard InChI is InChI=1S/C17H17Cl3N2O3S/c18-17(19,20)16(21-12-8-9-26(24,25)10-12)22-15(23)14-7-3-5-11-4-1-2-6-13(11)14/h1-7,12,16,21H,8-10H2,(H,22,23)/t12-,16+/m0/s1. The molecule has 140 valence electrons. The van der Waals surface area contributed by atoms with Gasteiger partial charge in [0, 0.05) is 11.6 Å². The minimum atomic E-state index is -3.10. The van der Waals surface area contributed by atoms with Crippen LogP contribution in [0.25, 0.3) is 10.8 Å². The molecule has 2 aromatic rings. The van der Waals surface area contributed by atoms with Crippen molar-refractivity contribution in [3.63, 3.8) is 0 Å². The van der Waals surface area contributed by atoms with E-state index in [0.717, 1.165) is 10.8 Å². The second-order valence-corrected chi connectivity index (χ2v) is 10.8. The van der Waals surface area contributed by atoms with E-state index in [2.05, 4.69) is 10.6 Å². The van der Waals surface area contributed by atoms with Crippen molar-refractivity contribution in [3.8, 4) is 0 Å². The summed E-state index contributed by atoms with van der Waals surface area (Å²) in [6, 6.07) is 12.5. The molecule has 5 nitrogen and oxygen atoms in total. The molecule has 1 heterocycles. The largest absolute Gasteiger partial charge is 0.333 e. The van der Waals surface area contributed by atoms with E-state index in [1.54, 1.807) is 12.1 Å². The molecule has 0 aromatic heterocycles. The van der Waals surface area contributed by atoms with Gasteiger partial charge >= 0.3 is 0 Å². The quantitative estimate of drug-likeness (QED) is 0.572. The predicted molar refractivity (Wildman–Crippen MR) is 106 cm³/mol. The van der Waals surface area contributed by atoms with Crippen LogP contribution in [0, 0.1) is 0 Å². The zero-order valence-electron chi connectivity index (χ0n) is 13.6. The number of fused-ring (bicyclic) bond motifs is 1. The van der Waals surface area contributed by atoms with Crippen LogP contribution in [0.1, 0.15) is 16.8 Å². The summed E-state index contributed by atoms with van der Waals surface area (Å²) >= 11 is 18.0. The van der Waals surface area contributed by atoms with Gasteiger partial charge in [0.05, 0.1) is 11.5 Å². The average Bonchev–Trinajstić information content (AvgIpc) is 2.91. The Hall–Kier alpha value is -1.05. The minimum absolute atomic E-state index is 0.0472. The Kier molecular flexibility index (Phi) is 5.70. The molecule has 1 aliphatic heterocycles. The lowest BCUT2D eigenvalue weighted by atomic mass is 10.0. The van der Waals surface area contributed by atoms with Gasteiger partial charge in [0.25, 0.3) is 5.91 Å². The third-order valence-corrected chi connectivity index (χ3v) is 6.69. The molecule has 3 rings (SSSR count). The summed E-state index contributed by atoms with van der Waals surface area (Å²) in [5, 5.41) is 7.33. The molecule has 1 aliphatic rings. The number of rotatable bonds is 4. The van der Waals surface area contributed by atoms with Crippen LogP contribution >= 0.6 is 34.8 Å². The Bertz CT molecular complexity index is 923. The Morgan fingerprint density at radius 1 is 1.12 bits per heavy atom. The van der Waals surface area contributed by atoms with Gasteiger partial charge in [-0.15, -0.1) is 0 Å². The van der Waals surface area contributed by atoms with Crippen molar-refractivity contribution in [1.82, 2.24) is 10.6 Å². The average molecular weight is 436 g/mol. The molecule has 0 spiro atoms. The van der Waals surface area contributed by atoms with Crippen LogP contribution in [0.3, 0.4) is 0 Å². The molecule has 0 bridgehead atoms. The number of carbonyl (C=O) groups is 1. The van der Waals surface area contributed by atoms with Crippen molar-refractivity contribution in [3.05, 3.63) is 48.0 Å². The fraction of sp³-hybridized carbons (Fsp3) is 0.353. The Morgan fingerprint density at radius 3 is 2.46 bits per heavy atom. The number of nitrogens with one attached hydrogen (secondary N) is 2. The van der Waals surface area contributed by atoms with Gasteiger partial charge in [-0.3, -0.25) is 10.1 Å². The molecule has 2 atom stereocenters. The van der Waals surface area contributed by atoms with Gasteiger partial charge in [-0.1, -0.05) is 71.2 Å². The highest BCUT2D eigenvalue weighted by Gasteiger charge is 2.38. The van der Waals surface area contributed by atoms with E-state index < -0.39 is 25.7 Å². The summed E-state index contributed by atoms with van der Waals surface area (Å²) in [6.45, 7) is 0. The van der Waals surface area contributed by atoms with Gasteiger partial charge in [0.15, 0.2) is 9.84 Å². The zero-order valence-corrected chi connectivity index (χ0v) is 16.7. The number of benzene rings is 2. The first-order valence-electron chi connectivity index (χ1n) is 7.97. The normalized spacial score (nSPS) is 20.8. The van der Waals surface area contributed by atoms with Crippen LogP contribution in [-0.2, 0) is 9.84 Å². The van der Waals surface area contributed by atoms with Crippen LogP contribution in [0.15, 0.2) is 42.5 Å². The highest BCUT2D eigenvalue weighted by molar-refractivity contribution is 7.91. The topological polar surface area (TPSA) is 75.3 Å². The van der Waals surface area contributed by atoms with Crippen LogP contribution in [0.5, 0.6) is 0 Å². The summed E-state index contributed by atoms with van der Waals surface area (Å²) in [7, 11) is -3.10. The molecule has 1 amide bonds. The molecular weight excluding hydrogens is 419 g/mol. The second-order valence-electron chi connectivity index (χ2n) is 6.24. The first kappa shape index (κ1) is 19.7. The molecule has 26 heavy (non-hydrogen) atoms. The molecule has 9 heteroatoms. The molecule has 0 saturated carbocycles. The summed E-state index contributed by atoms with van der Waals surface area (Å²) < 4.78 is 21.4. The summed E-state index contributed by atoms with van der Waals surface area (Å²) in [5.41, 5.74) is 0.447. The number of halogens is 3. The lowest BCUT2D eigenvalue weighted by Gasteiger charge is -2.29. The molecule has 0 radical (unpaired) electrons. The van der Waals surface area contributed by atoms with Crippen LogP contribution in [0.4, 0.5) is 0 Å². The van der Waals surface area contributed by atoms with E-state index in [1.165, 1.54) is 0 Å². The van der Waals surface area contributed by atoms with E-state index >= 15 is 0 Å². The maximum absolute atomic E-state index is 12.8. The Morgan fingerprint density at radius 2 is 1.81 bits per heavy atom. The molecular formula is C17H17Cl3N2O3S. The molecule has 2 aromatic carbocycles. The van der Waals surface area contributed by atoms with Crippen LogP contribution < -0.4 is 10.6 Å². The monoisotopic (exact) mass is 434 g/mol. The van der Waals surface area contributed by atoms with Crippen molar-refractivity contribution in [2.75, 3.05) is 11.5 Å². The van der Waals surface area contributed by atoms with Crippen molar-refractivity contribution >= 4 is 61.3 Å². The third kappa shape index (κ3) is 4.61. The molecule has 0 unspecified atom stereocenters. The van der Waals surface area contributed by atoms with Gasteiger partial charge in [0.2, 0.25) is 3.79 Å². The lowest BCUT2D eigenvalue weighted by molar-refractivity contribution is 0.0929. The number of hydrogen-bond acceptors (Lipinski definition) is 4. The SMILES string of the molecule is O=C(N[C@@H](N[C@H]1CCS(=O)(=O)C1)C(Cl)(Cl)Cl)c1cccc2ccccc12. The highest BCUT2D eigenvalue weighted by Crippen LogP contribution is 2.30. The van der Waals surface area contributed by atoms with Gasteiger partial charge in [-0.2, -0.15) is 0 Å². The van der Waals surface area contributed by atoms with E-state index in [9.17, 15) is 13.2 Å². The number of alkyl halides is 3. The summed E-state index contributed by atoms with van der Waals surface area (Å²) in [6.07, 6.45) is -0.624. The van der Waals surface area contributed by atoms with Crippen molar-refractivity contribution < 1.29 is 13.2 Å². The number of amides is 1. The molecule has 2 N–H and O–H groups in total. The Labute approximate surface area is 166 Å². The fourth-order valence-electron chi connectivity index (χ4n) is 3.01. The highest BCUT2D eigenvalue weighted by atomic mass is 35.6. The van der Waals surface area contributed by atoms with Crippen molar-refractivity contribution in [1.29, 1.82) is 0 Å². The molecule has 0 aliphatic carbocycles. The van der Waals surface area contributed by atoms with Gasteiger partial charge < -0.3 is 5.32 Å². The fourth-order valence-corrected chi connectivity index (χ4v) is 5.05. The molecule has 1 fully saturated rings. The zero-order chi connectivity index (χ0) is 18.9. The van der Waals surface area contributed by atoms with E-state index in [4.69, 9.17) is 34.8 Å². The lowest BCUT2D eigenvalue weighted by Crippen LogP contribution is -2.56. The second kappa shape index (κ2) is 7.52. The van der Waals surface area contributed by atoms with Gasteiger partial charge in [-0.25, -0.2) is 8.42 Å². The third-order valence-electron chi connectivity index (χ3n) is 4.27. The number of sulfone groups is 1. The minimum Gasteiger partial charge on any atom is -0.333 e. The number of hydrogen-bond donors (Lipinski definition) is 2. The van der Waals surface area contributed by atoms with Crippen LogP contribution in [-0.4, -0.2) is 41.8 Å². The maximum Gasteiger partial charge on any atom is 0.253 e.